The van der Waals surface area contributed by atoms with E-state index in [1.807, 2.05) is 6.07 Å². The van der Waals surface area contributed by atoms with Gasteiger partial charge in [0.15, 0.2) is 0 Å². The third-order valence-electron chi connectivity index (χ3n) is 4.09. The Bertz CT molecular complexity index is 458. The molecular formula is C16H25NOS. The van der Waals surface area contributed by atoms with E-state index in [2.05, 4.69) is 38.2 Å². The predicted octanol–water partition coefficient (Wildman–Crippen LogP) is 3.33. The van der Waals surface area contributed by atoms with E-state index in [-0.39, 0.29) is 5.25 Å². The van der Waals surface area contributed by atoms with Gasteiger partial charge in [-0.05, 0) is 62.9 Å². The summed E-state index contributed by atoms with van der Waals surface area (Å²) in [5.74, 6) is 0. The van der Waals surface area contributed by atoms with Gasteiger partial charge in [-0.25, -0.2) is 0 Å². The normalized spacial score (nSPS) is 24.6. The molecule has 0 spiro atoms. The van der Waals surface area contributed by atoms with Crippen LogP contribution in [0.5, 0.6) is 0 Å². The van der Waals surface area contributed by atoms with Gasteiger partial charge in [-0.15, -0.1) is 0 Å². The van der Waals surface area contributed by atoms with Crippen molar-refractivity contribution in [3.63, 3.8) is 0 Å². The molecule has 0 heterocycles. The quantitative estimate of drug-likeness (QED) is 0.895. The maximum absolute atomic E-state index is 12.8. The monoisotopic (exact) mass is 279 g/mol. The van der Waals surface area contributed by atoms with E-state index in [1.54, 1.807) is 0 Å². The van der Waals surface area contributed by atoms with Gasteiger partial charge in [-0.3, -0.25) is 4.21 Å². The Morgan fingerprint density at radius 1 is 1.26 bits per heavy atom. The SMILES string of the molecule is CCCNC1CCCC1S(=O)c1ccc(C)c(C)c1. The van der Waals surface area contributed by atoms with Gasteiger partial charge in [-0.1, -0.05) is 19.4 Å². The summed E-state index contributed by atoms with van der Waals surface area (Å²) in [5.41, 5.74) is 2.51. The molecule has 0 radical (unpaired) electrons. The van der Waals surface area contributed by atoms with Crippen LogP contribution in [0.1, 0.15) is 43.7 Å². The lowest BCUT2D eigenvalue weighted by Crippen LogP contribution is -2.38. The summed E-state index contributed by atoms with van der Waals surface area (Å²) in [6, 6.07) is 6.66. The van der Waals surface area contributed by atoms with Crippen LogP contribution in [0.4, 0.5) is 0 Å². The van der Waals surface area contributed by atoms with Gasteiger partial charge in [0.1, 0.15) is 0 Å². The van der Waals surface area contributed by atoms with Crippen molar-refractivity contribution in [3.8, 4) is 0 Å². The van der Waals surface area contributed by atoms with Gasteiger partial charge in [0.25, 0.3) is 0 Å². The summed E-state index contributed by atoms with van der Waals surface area (Å²) < 4.78 is 12.8. The Hall–Kier alpha value is -0.670. The maximum atomic E-state index is 12.8. The lowest BCUT2D eigenvalue weighted by Gasteiger charge is -2.20. The third kappa shape index (κ3) is 3.46. The van der Waals surface area contributed by atoms with Gasteiger partial charge in [-0.2, -0.15) is 0 Å². The largest absolute Gasteiger partial charge is 0.313 e. The molecule has 2 nitrogen and oxygen atoms in total. The van der Waals surface area contributed by atoms with Crippen LogP contribution in [-0.2, 0) is 10.8 Å². The van der Waals surface area contributed by atoms with E-state index in [1.165, 1.54) is 24.0 Å². The number of rotatable bonds is 5. The van der Waals surface area contributed by atoms with Crippen LogP contribution < -0.4 is 5.32 Å². The van der Waals surface area contributed by atoms with Gasteiger partial charge in [0.2, 0.25) is 0 Å². The highest BCUT2D eigenvalue weighted by Gasteiger charge is 2.32. The number of hydrogen-bond acceptors (Lipinski definition) is 2. The Morgan fingerprint density at radius 3 is 2.74 bits per heavy atom. The molecule has 0 bridgehead atoms. The second kappa shape index (κ2) is 6.67. The van der Waals surface area contributed by atoms with Crippen molar-refractivity contribution in [3.05, 3.63) is 29.3 Å². The van der Waals surface area contributed by atoms with Crippen molar-refractivity contribution in [2.24, 2.45) is 0 Å². The third-order valence-corrected chi connectivity index (χ3v) is 5.93. The van der Waals surface area contributed by atoms with Crippen molar-refractivity contribution in [2.75, 3.05) is 6.54 Å². The molecule has 19 heavy (non-hydrogen) atoms. The highest BCUT2D eigenvalue weighted by atomic mass is 32.2. The molecule has 1 aliphatic rings. The first kappa shape index (κ1) is 14.7. The minimum absolute atomic E-state index is 0.286. The minimum Gasteiger partial charge on any atom is -0.313 e. The molecular weight excluding hydrogens is 254 g/mol. The van der Waals surface area contributed by atoms with Crippen LogP contribution >= 0.6 is 0 Å². The summed E-state index contributed by atoms with van der Waals surface area (Å²) in [6.45, 7) is 7.41. The molecule has 106 valence electrons. The van der Waals surface area contributed by atoms with Crippen LogP contribution in [0.3, 0.4) is 0 Å². The first-order valence-corrected chi connectivity index (χ1v) is 8.56. The molecule has 0 aromatic heterocycles. The first-order valence-electron chi connectivity index (χ1n) is 7.34. The van der Waals surface area contributed by atoms with Crippen molar-refractivity contribution < 1.29 is 4.21 Å². The number of nitrogens with one attached hydrogen (secondary N) is 1. The van der Waals surface area contributed by atoms with Crippen LogP contribution in [0, 0.1) is 13.8 Å². The molecule has 3 unspecified atom stereocenters. The fraction of sp³-hybridized carbons (Fsp3) is 0.625. The van der Waals surface area contributed by atoms with E-state index < -0.39 is 10.8 Å². The van der Waals surface area contributed by atoms with Gasteiger partial charge in [0.05, 0.1) is 16.0 Å². The smallest absolute Gasteiger partial charge is 0.0576 e. The standard InChI is InChI=1S/C16H25NOS/c1-4-10-17-15-6-5-7-16(15)19(18)14-9-8-12(2)13(3)11-14/h8-9,11,15-17H,4-7,10H2,1-3H3. The van der Waals surface area contributed by atoms with E-state index in [4.69, 9.17) is 0 Å². The number of benzene rings is 1. The minimum atomic E-state index is -0.873. The molecule has 1 aromatic rings. The molecule has 2 rings (SSSR count). The highest BCUT2D eigenvalue weighted by molar-refractivity contribution is 7.85. The highest BCUT2D eigenvalue weighted by Crippen LogP contribution is 2.28. The average molecular weight is 279 g/mol. The van der Waals surface area contributed by atoms with Crippen molar-refractivity contribution in [2.45, 2.75) is 62.6 Å². The lowest BCUT2D eigenvalue weighted by atomic mass is 10.1. The topological polar surface area (TPSA) is 29.1 Å². The Kier molecular flexibility index (Phi) is 5.17. The van der Waals surface area contributed by atoms with Crippen molar-refractivity contribution in [1.82, 2.24) is 5.32 Å². The predicted molar refractivity (Wildman–Crippen MR) is 82.0 cm³/mol. The zero-order valence-corrected chi connectivity index (χ0v) is 13.1. The van der Waals surface area contributed by atoms with E-state index in [0.717, 1.165) is 24.3 Å². The molecule has 0 saturated heterocycles. The second-order valence-electron chi connectivity index (χ2n) is 5.57. The first-order chi connectivity index (χ1) is 9.13. The van der Waals surface area contributed by atoms with E-state index in [0.29, 0.717) is 6.04 Å². The maximum Gasteiger partial charge on any atom is 0.0576 e. The molecule has 1 N–H and O–H groups in total. The van der Waals surface area contributed by atoms with Crippen LogP contribution in [0.25, 0.3) is 0 Å². The van der Waals surface area contributed by atoms with Crippen molar-refractivity contribution in [1.29, 1.82) is 0 Å². The van der Waals surface area contributed by atoms with Crippen molar-refractivity contribution >= 4 is 10.8 Å². The van der Waals surface area contributed by atoms with E-state index >= 15 is 0 Å². The lowest BCUT2D eigenvalue weighted by molar-refractivity contribution is 0.523. The number of aryl methyl sites for hydroxylation is 2. The Balaban J connectivity index is 2.11. The van der Waals surface area contributed by atoms with Gasteiger partial charge < -0.3 is 5.32 Å². The Morgan fingerprint density at radius 2 is 2.05 bits per heavy atom. The van der Waals surface area contributed by atoms with Crippen LogP contribution in [-0.4, -0.2) is 22.0 Å². The molecule has 3 atom stereocenters. The zero-order chi connectivity index (χ0) is 13.8. The summed E-state index contributed by atoms with van der Waals surface area (Å²) in [5, 5.41) is 3.85. The second-order valence-corrected chi connectivity index (χ2v) is 7.25. The molecule has 0 aliphatic heterocycles. The summed E-state index contributed by atoms with van der Waals surface area (Å²) in [6.07, 6.45) is 4.59. The summed E-state index contributed by atoms with van der Waals surface area (Å²) in [7, 11) is -0.873. The summed E-state index contributed by atoms with van der Waals surface area (Å²) in [4.78, 5) is 0.998. The van der Waals surface area contributed by atoms with E-state index in [9.17, 15) is 4.21 Å². The Labute approximate surface area is 119 Å². The molecule has 3 heteroatoms. The fourth-order valence-electron chi connectivity index (χ4n) is 2.76. The van der Waals surface area contributed by atoms with Crippen LogP contribution in [0.2, 0.25) is 0 Å². The van der Waals surface area contributed by atoms with Gasteiger partial charge in [0, 0.05) is 10.9 Å². The summed E-state index contributed by atoms with van der Waals surface area (Å²) >= 11 is 0. The van der Waals surface area contributed by atoms with Crippen LogP contribution in [0.15, 0.2) is 23.1 Å². The molecule has 1 saturated carbocycles. The molecule has 1 aliphatic carbocycles. The van der Waals surface area contributed by atoms with Gasteiger partial charge >= 0.3 is 0 Å². The molecule has 0 amide bonds. The molecule has 1 aromatic carbocycles. The average Bonchev–Trinajstić information content (AvgIpc) is 2.87. The molecule has 1 fully saturated rings. The fourth-order valence-corrected chi connectivity index (χ4v) is 4.52. The number of hydrogen-bond donors (Lipinski definition) is 1. The zero-order valence-electron chi connectivity index (χ0n) is 12.2.